The van der Waals surface area contributed by atoms with Crippen molar-refractivity contribution in [3.63, 3.8) is 0 Å². The summed E-state index contributed by atoms with van der Waals surface area (Å²) in [5.41, 5.74) is 11.5. The standard InChI is InChI=1S/C16H17N3/c1-3-12-6-8-13(9-7-12)14-15(17)19-10-4-5-11(2)16(19)18-14/h4-10H,3,17H2,1-2H3. The molecule has 3 rings (SSSR count). The predicted octanol–water partition coefficient (Wildman–Crippen LogP) is 3.45. The fraction of sp³-hybridized carbons (Fsp3) is 0.188. The van der Waals surface area contributed by atoms with E-state index >= 15 is 0 Å². The Labute approximate surface area is 112 Å². The Morgan fingerprint density at radius 2 is 1.89 bits per heavy atom. The highest BCUT2D eigenvalue weighted by Crippen LogP contribution is 2.27. The van der Waals surface area contributed by atoms with Gasteiger partial charge in [0.25, 0.3) is 0 Å². The fourth-order valence-electron chi connectivity index (χ4n) is 2.33. The Hall–Kier alpha value is -2.29. The lowest BCUT2D eigenvalue weighted by atomic mass is 10.1. The van der Waals surface area contributed by atoms with Gasteiger partial charge in [-0.2, -0.15) is 0 Å². The number of fused-ring (bicyclic) bond motifs is 1. The predicted molar refractivity (Wildman–Crippen MR) is 79.2 cm³/mol. The summed E-state index contributed by atoms with van der Waals surface area (Å²) in [5, 5.41) is 0. The van der Waals surface area contributed by atoms with Crippen LogP contribution in [0.15, 0.2) is 42.6 Å². The summed E-state index contributed by atoms with van der Waals surface area (Å²) in [6.45, 7) is 4.20. The van der Waals surface area contributed by atoms with Gasteiger partial charge in [0.1, 0.15) is 17.2 Å². The molecule has 1 aromatic carbocycles. The lowest BCUT2D eigenvalue weighted by Gasteiger charge is -2.01. The van der Waals surface area contributed by atoms with Crippen LogP contribution < -0.4 is 5.73 Å². The Kier molecular flexibility index (Phi) is 2.75. The Bertz CT molecular complexity index is 724. The molecule has 0 bridgehead atoms. The maximum Gasteiger partial charge on any atom is 0.142 e. The molecule has 2 aromatic heterocycles. The molecular formula is C16H17N3. The van der Waals surface area contributed by atoms with E-state index in [-0.39, 0.29) is 0 Å². The molecule has 0 spiro atoms. The molecule has 3 aromatic rings. The number of anilines is 1. The molecule has 0 aliphatic heterocycles. The smallest absolute Gasteiger partial charge is 0.142 e. The second-order valence-electron chi connectivity index (χ2n) is 4.78. The van der Waals surface area contributed by atoms with Gasteiger partial charge in [-0.3, -0.25) is 4.40 Å². The number of hydrogen-bond acceptors (Lipinski definition) is 2. The van der Waals surface area contributed by atoms with Gasteiger partial charge in [0.15, 0.2) is 0 Å². The van der Waals surface area contributed by atoms with Gasteiger partial charge in [-0.25, -0.2) is 4.98 Å². The molecule has 0 saturated carbocycles. The summed E-state index contributed by atoms with van der Waals surface area (Å²) in [7, 11) is 0. The number of nitrogens with two attached hydrogens (primary N) is 1. The molecule has 0 aliphatic rings. The van der Waals surface area contributed by atoms with Crippen molar-refractivity contribution >= 4 is 11.5 Å². The maximum absolute atomic E-state index is 6.21. The van der Waals surface area contributed by atoms with Crippen molar-refractivity contribution in [2.45, 2.75) is 20.3 Å². The van der Waals surface area contributed by atoms with Crippen LogP contribution in [0, 0.1) is 6.92 Å². The van der Waals surface area contributed by atoms with Crippen molar-refractivity contribution < 1.29 is 0 Å². The van der Waals surface area contributed by atoms with Gasteiger partial charge in [-0.1, -0.05) is 37.3 Å². The van der Waals surface area contributed by atoms with Crippen LogP contribution >= 0.6 is 0 Å². The summed E-state index contributed by atoms with van der Waals surface area (Å²) in [5.74, 6) is 0.697. The average molecular weight is 251 g/mol. The quantitative estimate of drug-likeness (QED) is 0.758. The second-order valence-corrected chi connectivity index (χ2v) is 4.78. The van der Waals surface area contributed by atoms with Crippen LogP contribution in [0.2, 0.25) is 0 Å². The van der Waals surface area contributed by atoms with Crippen molar-refractivity contribution in [2.75, 3.05) is 5.73 Å². The topological polar surface area (TPSA) is 43.3 Å². The molecule has 0 saturated heterocycles. The third-order valence-corrected chi connectivity index (χ3v) is 3.52. The monoisotopic (exact) mass is 251 g/mol. The normalized spacial score (nSPS) is 11.1. The number of aromatic nitrogens is 2. The van der Waals surface area contributed by atoms with Crippen molar-refractivity contribution in [1.82, 2.24) is 9.38 Å². The molecule has 3 heteroatoms. The second kappa shape index (κ2) is 4.43. The summed E-state index contributed by atoms with van der Waals surface area (Å²) in [4.78, 5) is 4.68. The van der Waals surface area contributed by atoms with Crippen LogP contribution in [0.5, 0.6) is 0 Å². The number of nitrogens with zero attached hydrogens (tertiary/aromatic N) is 2. The van der Waals surface area contributed by atoms with Crippen molar-refractivity contribution in [3.8, 4) is 11.3 Å². The largest absolute Gasteiger partial charge is 0.383 e. The van der Waals surface area contributed by atoms with Crippen LogP contribution in [0.4, 0.5) is 5.82 Å². The minimum absolute atomic E-state index is 0.697. The van der Waals surface area contributed by atoms with E-state index in [9.17, 15) is 0 Å². The van der Waals surface area contributed by atoms with Gasteiger partial charge in [-0.05, 0) is 30.5 Å². The Morgan fingerprint density at radius 1 is 1.16 bits per heavy atom. The van der Waals surface area contributed by atoms with Crippen LogP contribution in [0.3, 0.4) is 0 Å². The molecule has 3 nitrogen and oxygen atoms in total. The van der Waals surface area contributed by atoms with Crippen LogP contribution in [0.25, 0.3) is 16.9 Å². The molecule has 0 radical (unpaired) electrons. The highest BCUT2D eigenvalue weighted by atomic mass is 15.1. The maximum atomic E-state index is 6.21. The average Bonchev–Trinajstić information content (AvgIpc) is 2.78. The highest BCUT2D eigenvalue weighted by Gasteiger charge is 2.12. The molecule has 0 unspecified atom stereocenters. The number of hydrogen-bond donors (Lipinski definition) is 1. The first-order chi connectivity index (χ1) is 9.20. The van der Waals surface area contributed by atoms with Crippen LogP contribution in [-0.4, -0.2) is 9.38 Å². The molecule has 2 N–H and O–H groups in total. The van der Waals surface area contributed by atoms with E-state index in [1.54, 1.807) is 0 Å². The zero-order valence-electron chi connectivity index (χ0n) is 11.2. The van der Waals surface area contributed by atoms with Crippen molar-refractivity contribution in [1.29, 1.82) is 0 Å². The molecule has 0 aliphatic carbocycles. The molecule has 0 amide bonds. The fourth-order valence-corrected chi connectivity index (χ4v) is 2.33. The van der Waals surface area contributed by atoms with E-state index in [2.05, 4.69) is 36.2 Å². The molecule has 96 valence electrons. The summed E-state index contributed by atoms with van der Waals surface area (Å²) < 4.78 is 1.94. The third kappa shape index (κ3) is 1.87. The van der Waals surface area contributed by atoms with Gasteiger partial charge >= 0.3 is 0 Å². The third-order valence-electron chi connectivity index (χ3n) is 3.52. The number of aryl methyl sites for hydroxylation is 2. The van der Waals surface area contributed by atoms with Gasteiger partial charge in [0, 0.05) is 11.8 Å². The summed E-state index contributed by atoms with van der Waals surface area (Å²) >= 11 is 0. The SMILES string of the molecule is CCc1ccc(-c2nc3c(C)cccn3c2N)cc1. The number of nitrogen functional groups attached to an aromatic ring is 1. The Morgan fingerprint density at radius 3 is 2.53 bits per heavy atom. The summed E-state index contributed by atoms with van der Waals surface area (Å²) in [6, 6.07) is 12.5. The van der Waals surface area contributed by atoms with Gasteiger partial charge in [0.2, 0.25) is 0 Å². The Balaban J connectivity index is 2.19. The molecular weight excluding hydrogens is 234 g/mol. The van der Waals surface area contributed by atoms with E-state index in [4.69, 9.17) is 5.73 Å². The first-order valence-corrected chi connectivity index (χ1v) is 6.53. The lowest BCUT2D eigenvalue weighted by Crippen LogP contribution is -1.94. The van der Waals surface area contributed by atoms with Crippen molar-refractivity contribution in [3.05, 3.63) is 53.7 Å². The first kappa shape index (κ1) is 11.8. The van der Waals surface area contributed by atoms with E-state index in [1.807, 2.05) is 29.7 Å². The zero-order chi connectivity index (χ0) is 13.4. The highest BCUT2D eigenvalue weighted by molar-refractivity contribution is 5.75. The van der Waals surface area contributed by atoms with Gasteiger partial charge in [-0.15, -0.1) is 0 Å². The molecule has 19 heavy (non-hydrogen) atoms. The van der Waals surface area contributed by atoms with E-state index in [0.29, 0.717) is 5.82 Å². The van der Waals surface area contributed by atoms with E-state index in [0.717, 1.165) is 28.9 Å². The lowest BCUT2D eigenvalue weighted by molar-refractivity contribution is 1.14. The van der Waals surface area contributed by atoms with Crippen LogP contribution in [0.1, 0.15) is 18.1 Å². The van der Waals surface area contributed by atoms with Gasteiger partial charge < -0.3 is 5.73 Å². The number of pyridine rings is 1. The molecule has 0 fully saturated rings. The van der Waals surface area contributed by atoms with E-state index in [1.165, 1.54) is 5.56 Å². The zero-order valence-corrected chi connectivity index (χ0v) is 11.2. The minimum Gasteiger partial charge on any atom is -0.383 e. The first-order valence-electron chi connectivity index (χ1n) is 6.53. The van der Waals surface area contributed by atoms with E-state index < -0.39 is 0 Å². The number of imidazole rings is 1. The van der Waals surface area contributed by atoms with Crippen LogP contribution in [-0.2, 0) is 6.42 Å². The molecule has 0 atom stereocenters. The number of rotatable bonds is 2. The minimum atomic E-state index is 0.697. The number of benzene rings is 1. The summed E-state index contributed by atoms with van der Waals surface area (Å²) in [6.07, 6.45) is 2.99. The molecule has 2 heterocycles. The van der Waals surface area contributed by atoms with Crippen molar-refractivity contribution in [2.24, 2.45) is 0 Å². The van der Waals surface area contributed by atoms with Gasteiger partial charge in [0.05, 0.1) is 0 Å².